The molecule has 1 aromatic rings. The topological polar surface area (TPSA) is 21.3 Å². The number of nitrogens with one attached hydrogen (secondary N) is 1. The van der Waals surface area contributed by atoms with Gasteiger partial charge in [-0.3, -0.25) is 0 Å². The number of ether oxygens (including phenoxy) is 1. The van der Waals surface area contributed by atoms with Gasteiger partial charge >= 0.3 is 0 Å². The van der Waals surface area contributed by atoms with Gasteiger partial charge in [0.2, 0.25) is 0 Å². The first-order chi connectivity index (χ1) is 9.77. The largest absolute Gasteiger partial charge is 0.380 e. The lowest BCUT2D eigenvalue weighted by Crippen LogP contribution is -2.29. The van der Waals surface area contributed by atoms with E-state index in [0.29, 0.717) is 6.04 Å². The number of hydrogen-bond donors (Lipinski definition) is 1. The Morgan fingerprint density at radius 2 is 2.10 bits per heavy atom. The van der Waals surface area contributed by atoms with Crippen molar-refractivity contribution in [3.8, 4) is 0 Å². The second kappa shape index (κ2) is 8.81. The Kier molecular flexibility index (Phi) is 7.05. The first kappa shape index (κ1) is 16.0. The van der Waals surface area contributed by atoms with Crippen molar-refractivity contribution in [1.82, 2.24) is 5.32 Å². The van der Waals surface area contributed by atoms with Gasteiger partial charge in [-0.1, -0.05) is 32.8 Å². The SMILES string of the molecule is CC(C)CCOCCNC(c1cccs1)C1CCCC1. The summed E-state index contributed by atoms with van der Waals surface area (Å²) in [6, 6.07) is 4.99. The molecule has 0 spiro atoms. The summed E-state index contributed by atoms with van der Waals surface area (Å²) in [4.78, 5) is 1.50. The monoisotopic (exact) mass is 295 g/mol. The molecule has 1 fully saturated rings. The minimum absolute atomic E-state index is 0.547. The normalized spacial score (nSPS) is 17.9. The van der Waals surface area contributed by atoms with Gasteiger partial charge in [-0.05, 0) is 42.5 Å². The molecule has 1 unspecified atom stereocenters. The van der Waals surface area contributed by atoms with E-state index in [1.54, 1.807) is 0 Å². The summed E-state index contributed by atoms with van der Waals surface area (Å²) < 4.78 is 5.72. The lowest BCUT2D eigenvalue weighted by Gasteiger charge is -2.24. The Morgan fingerprint density at radius 1 is 1.30 bits per heavy atom. The number of hydrogen-bond acceptors (Lipinski definition) is 3. The molecule has 0 aromatic carbocycles. The zero-order chi connectivity index (χ0) is 14.2. The standard InChI is InChI=1S/C17H29NOS/c1-14(2)9-11-19-12-10-18-17(15-6-3-4-7-15)16-8-5-13-20-16/h5,8,13-15,17-18H,3-4,6-7,9-12H2,1-2H3. The second-order valence-electron chi connectivity index (χ2n) is 6.29. The lowest BCUT2D eigenvalue weighted by molar-refractivity contribution is 0.121. The molecule has 1 atom stereocenters. The smallest absolute Gasteiger partial charge is 0.0591 e. The highest BCUT2D eigenvalue weighted by Crippen LogP contribution is 2.37. The zero-order valence-electron chi connectivity index (χ0n) is 12.9. The predicted octanol–water partition coefficient (Wildman–Crippen LogP) is 4.63. The van der Waals surface area contributed by atoms with Crippen LogP contribution in [0.5, 0.6) is 0 Å². The van der Waals surface area contributed by atoms with Crippen LogP contribution in [0, 0.1) is 11.8 Å². The van der Waals surface area contributed by atoms with Crippen molar-refractivity contribution in [2.75, 3.05) is 19.8 Å². The summed E-state index contributed by atoms with van der Waals surface area (Å²) in [5.74, 6) is 1.56. The van der Waals surface area contributed by atoms with Crippen LogP contribution in [0.25, 0.3) is 0 Å². The molecule has 0 amide bonds. The van der Waals surface area contributed by atoms with Gasteiger partial charge in [-0.2, -0.15) is 0 Å². The molecule has 2 nitrogen and oxygen atoms in total. The average Bonchev–Trinajstić information content (AvgIpc) is 3.10. The first-order valence-electron chi connectivity index (χ1n) is 8.12. The van der Waals surface area contributed by atoms with E-state index in [1.807, 2.05) is 11.3 Å². The molecular formula is C17H29NOS. The van der Waals surface area contributed by atoms with E-state index in [9.17, 15) is 0 Å². The minimum atomic E-state index is 0.547. The molecule has 0 aliphatic heterocycles. The minimum Gasteiger partial charge on any atom is -0.380 e. The fourth-order valence-electron chi connectivity index (χ4n) is 2.97. The van der Waals surface area contributed by atoms with Crippen LogP contribution < -0.4 is 5.32 Å². The van der Waals surface area contributed by atoms with Gasteiger partial charge < -0.3 is 10.1 Å². The van der Waals surface area contributed by atoms with E-state index in [-0.39, 0.29) is 0 Å². The molecule has 1 aromatic heterocycles. The Labute approximate surface area is 127 Å². The second-order valence-corrected chi connectivity index (χ2v) is 7.27. The van der Waals surface area contributed by atoms with E-state index in [2.05, 4.69) is 36.7 Å². The van der Waals surface area contributed by atoms with Crippen LogP contribution in [0.4, 0.5) is 0 Å². The fraction of sp³-hybridized carbons (Fsp3) is 0.765. The zero-order valence-corrected chi connectivity index (χ0v) is 13.8. The van der Waals surface area contributed by atoms with E-state index in [0.717, 1.165) is 38.0 Å². The molecule has 2 rings (SSSR count). The highest BCUT2D eigenvalue weighted by atomic mass is 32.1. The molecule has 1 aliphatic rings. The Bertz CT molecular complexity index is 344. The Balaban J connectivity index is 1.71. The van der Waals surface area contributed by atoms with E-state index < -0.39 is 0 Å². The van der Waals surface area contributed by atoms with Gasteiger partial charge in [-0.15, -0.1) is 11.3 Å². The summed E-state index contributed by atoms with van der Waals surface area (Å²) in [6.07, 6.45) is 6.72. The van der Waals surface area contributed by atoms with Gasteiger partial charge in [0.15, 0.2) is 0 Å². The molecule has 20 heavy (non-hydrogen) atoms. The highest BCUT2D eigenvalue weighted by Gasteiger charge is 2.26. The molecule has 0 bridgehead atoms. The maximum atomic E-state index is 5.72. The van der Waals surface area contributed by atoms with Gasteiger partial charge in [0.25, 0.3) is 0 Å². The molecule has 3 heteroatoms. The molecule has 0 radical (unpaired) electrons. The predicted molar refractivity (Wildman–Crippen MR) is 87.3 cm³/mol. The Morgan fingerprint density at radius 3 is 2.75 bits per heavy atom. The van der Waals surface area contributed by atoms with Gasteiger partial charge in [0, 0.05) is 24.1 Å². The third-order valence-electron chi connectivity index (χ3n) is 4.17. The van der Waals surface area contributed by atoms with Crippen LogP contribution in [0.1, 0.15) is 56.9 Å². The third-order valence-corrected chi connectivity index (χ3v) is 5.13. The summed E-state index contributed by atoms with van der Waals surface area (Å²) in [7, 11) is 0. The lowest BCUT2D eigenvalue weighted by atomic mass is 9.97. The first-order valence-corrected chi connectivity index (χ1v) is 9.00. The van der Waals surface area contributed by atoms with Crippen LogP contribution in [-0.4, -0.2) is 19.8 Å². The molecule has 0 saturated heterocycles. The van der Waals surface area contributed by atoms with Gasteiger partial charge in [0.05, 0.1) is 6.61 Å². The summed E-state index contributed by atoms with van der Waals surface area (Å²) in [6.45, 7) is 7.19. The van der Waals surface area contributed by atoms with Crippen molar-refractivity contribution in [2.45, 2.75) is 52.0 Å². The molecular weight excluding hydrogens is 266 g/mol. The molecule has 1 saturated carbocycles. The third kappa shape index (κ3) is 5.19. The van der Waals surface area contributed by atoms with Gasteiger partial charge in [-0.25, -0.2) is 0 Å². The van der Waals surface area contributed by atoms with Crippen molar-refractivity contribution in [3.05, 3.63) is 22.4 Å². The molecule has 114 valence electrons. The summed E-state index contributed by atoms with van der Waals surface area (Å²) in [5, 5.41) is 5.93. The van der Waals surface area contributed by atoms with Crippen LogP contribution in [0.15, 0.2) is 17.5 Å². The van der Waals surface area contributed by atoms with E-state index >= 15 is 0 Å². The van der Waals surface area contributed by atoms with E-state index in [4.69, 9.17) is 4.74 Å². The molecule has 1 N–H and O–H groups in total. The highest BCUT2D eigenvalue weighted by molar-refractivity contribution is 7.10. The van der Waals surface area contributed by atoms with Crippen LogP contribution in [0.3, 0.4) is 0 Å². The van der Waals surface area contributed by atoms with Crippen LogP contribution in [0.2, 0.25) is 0 Å². The average molecular weight is 295 g/mol. The van der Waals surface area contributed by atoms with Gasteiger partial charge in [0.1, 0.15) is 0 Å². The number of thiophene rings is 1. The van der Waals surface area contributed by atoms with Crippen molar-refractivity contribution in [3.63, 3.8) is 0 Å². The Hall–Kier alpha value is -0.380. The maximum absolute atomic E-state index is 5.72. The van der Waals surface area contributed by atoms with Crippen molar-refractivity contribution < 1.29 is 4.74 Å². The van der Waals surface area contributed by atoms with Crippen molar-refractivity contribution in [1.29, 1.82) is 0 Å². The quantitative estimate of drug-likeness (QED) is 0.671. The fourth-order valence-corrected chi connectivity index (χ4v) is 3.86. The molecule has 1 aliphatic carbocycles. The molecule has 1 heterocycles. The number of rotatable bonds is 9. The van der Waals surface area contributed by atoms with Crippen molar-refractivity contribution >= 4 is 11.3 Å². The summed E-state index contributed by atoms with van der Waals surface area (Å²) in [5.41, 5.74) is 0. The van der Waals surface area contributed by atoms with Crippen LogP contribution >= 0.6 is 11.3 Å². The summed E-state index contributed by atoms with van der Waals surface area (Å²) >= 11 is 1.89. The maximum Gasteiger partial charge on any atom is 0.0591 e. The van der Waals surface area contributed by atoms with E-state index in [1.165, 1.54) is 30.6 Å². The van der Waals surface area contributed by atoms with Crippen molar-refractivity contribution in [2.24, 2.45) is 11.8 Å². The van der Waals surface area contributed by atoms with Crippen LogP contribution in [-0.2, 0) is 4.74 Å².